The topological polar surface area (TPSA) is 3.24 Å². The van der Waals surface area contributed by atoms with Crippen LogP contribution in [0.2, 0.25) is 0 Å². The highest BCUT2D eigenvalue weighted by Gasteiger charge is 2.23. The highest BCUT2D eigenvalue weighted by Crippen LogP contribution is 2.48. The fourth-order valence-corrected chi connectivity index (χ4v) is 4.06. The summed E-state index contributed by atoms with van der Waals surface area (Å²) in [6.07, 6.45) is 1.91. The van der Waals surface area contributed by atoms with Gasteiger partial charge in [0.1, 0.15) is 0 Å². The minimum Gasteiger partial charge on any atom is -0.335 e. The lowest BCUT2D eigenvalue weighted by atomic mass is 10.1. The fraction of sp³-hybridized carbons (Fsp3) is 0.0476. The van der Waals surface area contributed by atoms with Gasteiger partial charge in [-0.05, 0) is 35.4 Å². The van der Waals surface area contributed by atoms with Crippen molar-refractivity contribution in [2.75, 3.05) is 4.90 Å². The Labute approximate surface area is 141 Å². The Morgan fingerprint density at radius 3 is 2.39 bits per heavy atom. The van der Waals surface area contributed by atoms with E-state index in [1.807, 2.05) is 17.8 Å². The lowest BCUT2D eigenvalue weighted by molar-refractivity contribution is 0.938. The van der Waals surface area contributed by atoms with Gasteiger partial charge in [-0.25, -0.2) is 0 Å². The molecule has 0 aliphatic carbocycles. The van der Waals surface area contributed by atoms with E-state index in [4.69, 9.17) is 0 Å². The summed E-state index contributed by atoms with van der Waals surface area (Å²) in [6, 6.07) is 25.8. The molecule has 1 heterocycles. The third-order valence-corrected chi connectivity index (χ3v) is 5.18. The van der Waals surface area contributed by atoms with Gasteiger partial charge in [0.15, 0.2) is 0 Å². The van der Waals surface area contributed by atoms with Crippen LogP contribution in [-0.2, 0) is 6.54 Å². The maximum atomic E-state index is 3.89. The standard InChI is InChI=1S/C21H17NS/c1-2-16-12-13-19-21(14-16)23-20-11-7-6-10-18(20)22(19)15-17-8-4-3-5-9-17/h2-14H,1,15H2. The van der Waals surface area contributed by atoms with Gasteiger partial charge >= 0.3 is 0 Å². The summed E-state index contributed by atoms with van der Waals surface area (Å²) in [5, 5.41) is 0. The van der Waals surface area contributed by atoms with Crippen LogP contribution in [-0.4, -0.2) is 0 Å². The van der Waals surface area contributed by atoms with Gasteiger partial charge in [-0.15, -0.1) is 0 Å². The lowest BCUT2D eigenvalue weighted by Crippen LogP contribution is -2.20. The Balaban J connectivity index is 1.82. The average molecular weight is 315 g/mol. The predicted molar refractivity (Wildman–Crippen MR) is 99.4 cm³/mol. The molecule has 0 unspecified atom stereocenters. The van der Waals surface area contributed by atoms with Crippen LogP contribution in [0.1, 0.15) is 11.1 Å². The molecule has 0 aromatic heterocycles. The van der Waals surface area contributed by atoms with E-state index in [2.05, 4.69) is 84.3 Å². The number of anilines is 2. The van der Waals surface area contributed by atoms with E-state index in [9.17, 15) is 0 Å². The summed E-state index contributed by atoms with van der Waals surface area (Å²) >= 11 is 1.84. The minimum atomic E-state index is 0.874. The molecule has 0 amide bonds. The first-order valence-corrected chi connectivity index (χ1v) is 8.51. The Bertz CT molecular complexity index is 855. The summed E-state index contributed by atoms with van der Waals surface area (Å²) in [5.41, 5.74) is 5.02. The van der Waals surface area contributed by atoms with Gasteiger partial charge in [-0.3, -0.25) is 0 Å². The normalized spacial score (nSPS) is 12.4. The maximum Gasteiger partial charge on any atom is 0.0556 e. The van der Waals surface area contributed by atoms with Crippen molar-refractivity contribution in [1.82, 2.24) is 0 Å². The van der Waals surface area contributed by atoms with Crippen LogP contribution in [0.3, 0.4) is 0 Å². The van der Waals surface area contributed by atoms with Gasteiger partial charge in [0.25, 0.3) is 0 Å². The first-order chi connectivity index (χ1) is 11.3. The second-order valence-electron chi connectivity index (χ2n) is 5.57. The molecule has 112 valence electrons. The lowest BCUT2D eigenvalue weighted by Gasteiger charge is -2.33. The summed E-state index contributed by atoms with van der Waals surface area (Å²) in [7, 11) is 0. The molecule has 0 saturated carbocycles. The van der Waals surface area contributed by atoms with E-state index >= 15 is 0 Å². The zero-order chi connectivity index (χ0) is 15.6. The first-order valence-electron chi connectivity index (χ1n) is 7.70. The molecule has 0 bridgehead atoms. The summed E-state index contributed by atoms with van der Waals surface area (Å²) in [4.78, 5) is 5.00. The van der Waals surface area contributed by atoms with Crippen molar-refractivity contribution >= 4 is 29.2 Å². The van der Waals surface area contributed by atoms with Crippen molar-refractivity contribution in [3.8, 4) is 0 Å². The minimum absolute atomic E-state index is 0.874. The van der Waals surface area contributed by atoms with Crippen molar-refractivity contribution in [2.45, 2.75) is 16.3 Å². The molecule has 23 heavy (non-hydrogen) atoms. The Morgan fingerprint density at radius 2 is 1.57 bits per heavy atom. The molecule has 0 fully saturated rings. The molecular formula is C21H17NS. The van der Waals surface area contributed by atoms with Crippen molar-refractivity contribution in [1.29, 1.82) is 0 Å². The molecule has 0 N–H and O–H groups in total. The van der Waals surface area contributed by atoms with Crippen LogP contribution in [0.25, 0.3) is 6.08 Å². The van der Waals surface area contributed by atoms with Gasteiger partial charge in [-0.1, -0.05) is 72.9 Å². The van der Waals surface area contributed by atoms with Crippen molar-refractivity contribution in [3.63, 3.8) is 0 Å². The second-order valence-corrected chi connectivity index (χ2v) is 6.66. The summed E-state index contributed by atoms with van der Waals surface area (Å²) in [6.45, 7) is 4.76. The average Bonchev–Trinajstić information content (AvgIpc) is 2.62. The van der Waals surface area contributed by atoms with Crippen LogP contribution < -0.4 is 4.90 Å². The van der Waals surface area contributed by atoms with Crippen molar-refractivity contribution in [3.05, 3.63) is 90.5 Å². The monoisotopic (exact) mass is 315 g/mol. The third-order valence-electron chi connectivity index (χ3n) is 4.07. The zero-order valence-electron chi connectivity index (χ0n) is 12.8. The van der Waals surface area contributed by atoms with E-state index in [0.717, 1.165) is 12.1 Å². The van der Waals surface area contributed by atoms with Crippen LogP contribution >= 0.6 is 11.8 Å². The largest absolute Gasteiger partial charge is 0.335 e. The quantitative estimate of drug-likeness (QED) is 0.571. The van der Waals surface area contributed by atoms with Crippen LogP contribution in [0.4, 0.5) is 11.4 Å². The molecule has 3 aromatic carbocycles. The fourth-order valence-electron chi connectivity index (χ4n) is 2.91. The van der Waals surface area contributed by atoms with Gasteiger partial charge in [0, 0.05) is 16.3 Å². The smallest absolute Gasteiger partial charge is 0.0556 e. The van der Waals surface area contributed by atoms with E-state index < -0.39 is 0 Å². The molecule has 0 atom stereocenters. The van der Waals surface area contributed by atoms with E-state index in [0.29, 0.717) is 0 Å². The van der Waals surface area contributed by atoms with Gasteiger partial charge in [0.2, 0.25) is 0 Å². The van der Waals surface area contributed by atoms with E-state index in [1.54, 1.807) is 0 Å². The second kappa shape index (κ2) is 5.98. The third kappa shape index (κ3) is 2.66. The first kappa shape index (κ1) is 14.2. The number of hydrogen-bond donors (Lipinski definition) is 0. The molecule has 2 heteroatoms. The molecule has 4 rings (SSSR count). The number of rotatable bonds is 3. The van der Waals surface area contributed by atoms with Crippen LogP contribution in [0.5, 0.6) is 0 Å². The Morgan fingerprint density at radius 1 is 0.826 bits per heavy atom. The number of nitrogens with zero attached hydrogens (tertiary/aromatic N) is 1. The van der Waals surface area contributed by atoms with Crippen LogP contribution in [0.15, 0.2) is 89.2 Å². The maximum absolute atomic E-state index is 3.89. The molecule has 3 aromatic rings. The van der Waals surface area contributed by atoms with E-state index in [-0.39, 0.29) is 0 Å². The molecule has 0 spiro atoms. The molecule has 1 aliphatic heterocycles. The zero-order valence-corrected chi connectivity index (χ0v) is 13.6. The van der Waals surface area contributed by atoms with E-state index in [1.165, 1.54) is 26.7 Å². The number of fused-ring (bicyclic) bond motifs is 2. The highest BCUT2D eigenvalue weighted by molar-refractivity contribution is 7.99. The molecular weight excluding hydrogens is 298 g/mol. The number of para-hydroxylation sites is 1. The highest BCUT2D eigenvalue weighted by atomic mass is 32.2. The Hall–Kier alpha value is -2.45. The molecule has 0 radical (unpaired) electrons. The molecule has 1 aliphatic rings. The summed E-state index contributed by atoms with van der Waals surface area (Å²) < 4.78 is 0. The molecule has 1 nitrogen and oxygen atoms in total. The number of hydrogen-bond acceptors (Lipinski definition) is 2. The van der Waals surface area contributed by atoms with Crippen molar-refractivity contribution < 1.29 is 0 Å². The van der Waals surface area contributed by atoms with Gasteiger partial charge in [0.05, 0.1) is 11.4 Å². The van der Waals surface area contributed by atoms with Crippen molar-refractivity contribution in [2.24, 2.45) is 0 Å². The Kier molecular flexibility index (Phi) is 3.68. The van der Waals surface area contributed by atoms with Gasteiger partial charge in [-0.2, -0.15) is 0 Å². The predicted octanol–water partition coefficient (Wildman–Crippen LogP) is 6.13. The van der Waals surface area contributed by atoms with Gasteiger partial charge < -0.3 is 4.90 Å². The number of benzene rings is 3. The summed E-state index contributed by atoms with van der Waals surface area (Å²) in [5.74, 6) is 0. The van der Waals surface area contributed by atoms with Crippen LogP contribution in [0, 0.1) is 0 Å². The molecule has 0 saturated heterocycles. The SMILES string of the molecule is C=Cc1ccc2c(c1)Sc1ccccc1N2Cc1ccccc1.